The van der Waals surface area contributed by atoms with Gasteiger partial charge in [-0.3, -0.25) is 19.3 Å². The predicted molar refractivity (Wildman–Crippen MR) is 63.8 cm³/mol. The van der Waals surface area contributed by atoms with Crippen molar-refractivity contribution < 1.29 is 0 Å². The maximum Gasteiger partial charge on any atom is 0.330 e. The van der Waals surface area contributed by atoms with Gasteiger partial charge in [0.2, 0.25) is 0 Å². The molecule has 0 aliphatic carbocycles. The molecule has 3 N–H and O–H groups in total. The zero-order valence-corrected chi connectivity index (χ0v) is 9.30. The number of hydrogen-bond donors (Lipinski definition) is 2. The van der Waals surface area contributed by atoms with E-state index in [0.717, 1.165) is 11.1 Å². The highest BCUT2D eigenvalue weighted by molar-refractivity contribution is 5.29. The van der Waals surface area contributed by atoms with Gasteiger partial charge in [0.15, 0.2) is 0 Å². The highest BCUT2D eigenvalue weighted by Crippen LogP contribution is 2.07. The molecule has 0 fully saturated rings. The van der Waals surface area contributed by atoms with Crippen molar-refractivity contribution in [2.75, 3.05) is 5.73 Å². The molecule has 0 radical (unpaired) electrons. The van der Waals surface area contributed by atoms with Crippen LogP contribution >= 0.6 is 0 Å². The molecule has 2 aromatic heterocycles. The Labute approximate surface area is 96.8 Å². The number of rotatable bonds is 2. The topological polar surface area (TPSA) is 93.8 Å². The third kappa shape index (κ3) is 2.25. The monoisotopic (exact) mass is 232 g/mol. The molecule has 2 rings (SSSR count). The predicted octanol–water partition coefficient (Wildman–Crippen LogP) is -0.129. The Balaban J connectivity index is 2.48. The molecule has 88 valence electrons. The van der Waals surface area contributed by atoms with Gasteiger partial charge in [0.25, 0.3) is 5.56 Å². The largest absolute Gasteiger partial charge is 0.385 e. The summed E-state index contributed by atoms with van der Waals surface area (Å²) in [5.41, 5.74) is 6.54. The summed E-state index contributed by atoms with van der Waals surface area (Å²) in [7, 11) is 0. The van der Waals surface area contributed by atoms with Crippen LogP contribution in [0, 0.1) is 6.92 Å². The van der Waals surface area contributed by atoms with Crippen molar-refractivity contribution in [3.8, 4) is 0 Å². The maximum absolute atomic E-state index is 11.6. The number of H-pyrrole nitrogens is 1. The minimum Gasteiger partial charge on any atom is -0.385 e. The molecule has 2 aromatic rings. The molecular weight excluding hydrogens is 220 g/mol. The minimum absolute atomic E-state index is 0.148. The Morgan fingerprint density at radius 2 is 2.24 bits per heavy atom. The number of nitrogens with one attached hydrogen (secondary N) is 1. The zero-order valence-electron chi connectivity index (χ0n) is 9.30. The van der Waals surface area contributed by atoms with Crippen LogP contribution < -0.4 is 17.0 Å². The summed E-state index contributed by atoms with van der Waals surface area (Å²) in [5.74, 6) is 0.148. The lowest BCUT2D eigenvalue weighted by Crippen LogP contribution is -2.31. The molecule has 0 amide bonds. The second-order valence-electron chi connectivity index (χ2n) is 3.75. The van der Waals surface area contributed by atoms with Gasteiger partial charge < -0.3 is 5.73 Å². The Hall–Kier alpha value is -2.37. The van der Waals surface area contributed by atoms with E-state index in [-0.39, 0.29) is 5.82 Å². The molecule has 0 aliphatic rings. The minimum atomic E-state index is -0.508. The molecule has 0 aliphatic heterocycles. The lowest BCUT2D eigenvalue weighted by Gasteiger charge is -2.09. The Bertz CT molecular complexity index is 657. The van der Waals surface area contributed by atoms with Crippen LogP contribution in [0.2, 0.25) is 0 Å². The highest BCUT2D eigenvalue weighted by Gasteiger charge is 2.05. The van der Waals surface area contributed by atoms with Gasteiger partial charge in [0.1, 0.15) is 5.82 Å². The van der Waals surface area contributed by atoms with E-state index in [1.165, 1.54) is 10.6 Å². The molecule has 0 aromatic carbocycles. The first-order valence-corrected chi connectivity index (χ1v) is 5.07. The van der Waals surface area contributed by atoms with Gasteiger partial charge in [0, 0.05) is 18.5 Å². The fraction of sp³-hybridized carbons (Fsp3) is 0.182. The maximum atomic E-state index is 11.6. The van der Waals surface area contributed by atoms with Gasteiger partial charge in [-0.2, -0.15) is 0 Å². The van der Waals surface area contributed by atoms with Crippen molar-refractivity contribution in [1.29, 1.82) is 0 Å². The summed E-state index contributed by atoms with van der Waals surface area (Å²) in [5, 5.41) is 0. The number of hydrogen-bond acceptors (Lipinski definition) is 4. The van der Waals surface area contributed by atoms with Crippen molar-refractivity contribution in [2.24, 2.45) is 0 Å². The lowest BCUT2D eigenvalue weighted by molar-refractivity contribution is 0.728. The molecule has 17 heavy (non-hydrogen) atoms. The third-order valence-electron chi connectivity index (χ3n) is 2.53. The summed E-state index contributed by atoms with van der Waals surface area (Å²) in [4.78, 5) is 28.8. The van der Waals surface area contributed by atoms with Gasteiger partial charge >= 0.3 is 5.69 Å². The van der Waals surface area contributed by atoms with Crippen LogP contribution in [0.3, 0.4) is 0 Å². The number of nitrogen functional groups attached to an aromatic ring is 1. The summed E-state index contributed by atoms with van der Waals surface area (Å²) in [6, 6.07) is 3.00. The normalized spacial score (nSPS) is 10.4. The number of aromatic nitrogens is 3. The van der Waals surface area contributed by atoms with E-state index >= 15 is 0 Å². The lowest BCUT2D eigenvalue weighted by atomic mass is 10.1. The molecule has 6 heteroatoms. The first-order chi connectivity index (χ1) is 8.08. The number of anilines is 1. The van der Waals surface area contributed by atoms with Gasteiger partial charge in [-0.1, -0.05) is 0 Å². The standard InChI is InChI=1S/C11H12N4O2/c1-7-5-13-3-2-8(7)6-15-9(12)4-10(16)14-11(15)17/h2-5H,6,12H2,1H3,(H,14,16,17). The van der Waals surface area contributed by atoms with E-state index in [2.05, 4.69) is 9.97 Å². The van der Waals surface area contributed by atoms with Crippen molar-refractivity contribution >= 4 is 5.82 Å². The van der Waals surface area contributed by atoms with Gasteiger partial charge in [-0.05, 0) is 24.1 Å². The smallest absolute Gasteiger partial charge is 0.330 e. The van der Waals surface area contributed by atoms with Crippen LogP contribution in [0.25, 0.3) is 0 Å². The second kappa shape index (κ2) is 4.25. The summed E-state index contributed by atoms with van der Waals surface area (Å²) >= 11 is 0. The van der Waals surface area contributed by atoms with Gasteiger partial charge in [-0.25, -0.2) is 4.79 Å². The molecule has 0 unspecified atom stereocenters. The Morgan fingerprint density at radius 3 is 2.88 bits per heavy atom. The Morgan fingerprint density at radius 1 is 1.47 bits per heavy atom. The fourth-order valence-corrected chi connectivity index (χ4v) is 1.55. The molecular formula is C11H12N4O2. The molecule has 0 saturated carbocycles. The summed E-state index contributed by atoms with van der Waals surface area (Å²) in [6.45, 7) is 2.21. The number of nitrogens with two attached hydrogens (primary N) is 1. The average molecular weight is 232 g/mol. The first-order valence-electron chi connectivity index (χ1n) is 5.07. The highest BCUT2D eigenvalue weighted by atomic mass is 16.2. The Kier molecular flexibility index (Phi) is 2.78. The van der Waals surface area contributed by atoms with Crippen LogP contribution in [0.1, 0.15) is 11.1 Å². The third-order valence-corrected chi connectivity index (χ3v) is 2.53. The molecule has 0 saturated heterocycles. The van der Waals surface area contributed by atoms with Crippen molar-refractivity contribution in [3.63, 3.8) is 0 Å². The van der Waals surface area contributed by atoms with Crippen LogP contribution in [-0.2, 0) is 6.54 Å². The average Bonchev–Trinajstić information content (AvgIpc) is 2.25. The van der Waals surface area contributed by atoms with Crippen LogP contribution in [0.5, 0.6) is 0 Å². The number of pyridine rings is 1. The molecule has 2 heterocycles. The van der Waals surface area contributed by atoms with E-state index in [1.54, 1.807) is 12.4 Å². The molecule has 0 spiro atoms. The van der Waals surface area contributed by atoms with Crippen LogP contribution in [-0.4, -0.2) is 14.5 Å². The van der Waals surface area contributed by atoms with E-state index < -0.39 is 11.2 Å². The van der Waals surface area contributed by atoms with Gasteiger partial charge in [0.05, 0.1) is 6.54 Å². The molecule has 0 atom stereocenters. The van der Waals surface area contributed by atoms with Crippen molar-refractivity contribution in [2.45, 2.75) is 13.5 Å². The van der Waals surface area contributed by atoms with Crippen molar-refractivity contribution in [3.05, 3.63) is 56.5 Å². The number of aryl methyl sites for hydroxylation is 1. The van der Waals surface area contributed by atoms with Crippen LogP contribution in [0.15, 0.2) is 34.1 Å². The van der Waals surface area contributed by atoms with Crippen LogP contribution in [0.4, 0.5) is 5.82 Å². The summed E-state index contributed by atoms with van der Waals surface area (Å²) < 4.78 is 1.31. The number of nitrogens with zero attached hydrogens (tertiary/aromatic N) is 2. The van der Waals surface area contributed by atoms with Gasteiger partial charge in [-0.15, -0.1) is 0 Å². The molecule has 6 nitrogen and oxygen atoms in total. The van der Waals surface area contributed by atoms with E-state index in [0.29, 0.717) is 6.54 Å². The van der Waals surface area contributed by atoms with E-state index in [4.69, 9.17) is 5.73 Å². The molecule has 0 bridgehead atoms. The SMILES string of the molecule is Cc1cnccc1Cn1c(N)cc(=O)[nH]c1=O. The second-order valence-corrected chi connectivity index (χ2v) is 3.75. The van der Waals surface area contributed by atoms with Crippen molar-refractivity contribution in [1.82, 2.24) is 14.5 Å². The number of aromatic amines is 1. The quantitative estimate of drug-likeness (QED) is 0.754. The zero-order chi connectivity index (χ0) is 12.4. The fourth-order valence-electron chi connectivity index (χ4n) is 1.55. The van der Waals surface area contributed by atoms with E-state index in [9.17, 15) is 9.59 Å². The van der Waals surface area contributed by atoms with E-state index in [1.807, 2.05) is 13.0 Å². The first kappa shape index (κ1) is 11.1. The summed E-state index contributed by atoms with van der Waals surface area (Å²) in [6.07, 6.45) is 3.36.